The minimum atomic E-state index is -3.47. The van der Waals surface area contributed by atoms with Crippen LogP contribution >= 0.6 is 11.6 Å². The van der Waals surface area contributed by atoms with Gasteiger partial charge in [-0.3, -0.25) is 8.98 Å². The summed E-state index contributed by atoms with van der Waals surface area (Å²) in [6, 6.07) is 0. The lowest BCUT2D eigenvalue weighted by molar-refractivity contribution is -0.166. The normalized spacial score (nSPS) is 45.8. The highest BCUT2D eigenvalue weighted by molar-refractivity contribution is 7.87. The molecule has 1 heterocycles. The molecule has 0 aromatic heterocycles. The number of fused-ring (bicyclic) bond motifs is 1. The van der Waals surface area contributed by atoms with Crippen molar-refractivity contribution in [3.05, 3.63) is 0 Å². The molecule has 4 rings (SSSR count). The van der Waals surface area contributed by atoms with Crippen molar-refractivity contribution < 1.29 is 22.1 Å². The first-order chi connectivity index (χ1) is 8.40. The number of carbonyl (C=O) groups excluding carboxylic acids is 1. The number of halogens is 1. The molecule has 4 fully saturated rings. The van der Waals surface area contributed by atoms with Crippen LogP contribution in [0.25, 0.3) is 0 Å². The van der Waals surface area contributed by atoms with Crippen molar-refractivity contribution in [3.8, 4) is 0 Å². The van der Waals surface area contributed by atoms with Crippen molar-refractivity contribution in [2.45, 2.75) is 49.0 Å². The maximum atomic E-state index is 11.8. The first-order valence-corrected chi connectivity index (χ1v) is 8.07. The molecule has 0 aromatic rings. The summed E-state index contributed by atoms with van der Waals surface area (Å²) >= 11 is 5.67. The summed E-state index contributed by atoms with van der Waals surface area (Å²) in [6.07, 6.45) is 1.32. The molecule has 4 aliphatic rings. The van der Waals surface area contributed by atoms with Crippen LogP contribution in [0.5, 0.6) is 0 Å². The largest absolute Gasteiger partial charge is 0.458 e. The minimum Gasteiger partial charge on any atom is -0.458 e. The van der Waals surface area contributed by atoms with Gasteiger partial charge in [0.2, 0.25) is 0 Å². The summed E-state index contributed by atoms with van der Waals surface area (Å²) in [5.74, 6) is -0.441. The Morgan fingerprint density at radius 3 is 2.83 bits per heavy atom. The van der Waals surface area contributed by atoms with Crippen LogP contribution in [-0.2, 0) is 23.8 Å². The van der Waals surface area contributed by atoms with Crippen molar-refractivity contribution >= 4 is 27.7 Å². The second-order valence-corrected chi connectivity index (χ2v) is 7.78. The number of hydrogen-bond donors (Lipinski definition) is 0. The molecule has 0 amide bonds. The third kappa shape index (κ3) is 1.77. The van der Waals surface area contributed by atoms with Crippen molar-refractivity contribution in [1.29, 1.82) is 0 Å². The zero-order valence-electron chi connectivity index (χ0n) is 9.91. The lowest BCUT2D eigenvalue weighted by Gasteiger charge is -2.43. The molecule has 5 nitrogen and oxygen atoms in total. The van der Waals surface area contributed by atoms with Crippen LogP contribution in [0, 0.1) is 11.8 Å². The van der Waals surface area contributed by atoms with Gasteiger partial charge in [-0.25, -0.2) is 0 Å². The van der Waals surface area contributed by atoms with E-state index in [1.54, 1.807) is 6.92 Å². The SMILES string of the molecule is CC(Cl)C(=O)OC1C2CCC3C1OS(=O)(=O)C3C2. The van der Waals surface area contributed by atoms with Crippen LogP contribution in [0.4, 0.5) is 0 Å². The zero-order valence-corrected chi connectivity index (χ0v) is 11.5. The number of hydrogen-bond acceptors (Lipinski definition) is 5. The molecule has 0 aromatic carbocycles. The van der Waals surface area contributed by atoms with Gasteiger partial charge < -0.3 is 4.74 Å². The summed E-state index contributed by atoms with van der Waals surface area (Å²) in [4.78, 5) is 11.6. The van der Waals surface area contributed by atoms with Gasteiger partial charge >= 0.3 is 5.97 Å². The van der Waals surface area contributed by atoms with E-state index in [0.29, 0.717) is 6.42 Å². The molecule has 1 aliphatic heterocycles. The van der Waals surface area contributed by atoms with E-state index in [9.17, 15) is 13.2 Å². The minimum absolute atomic E-state index is 0.0246. The van der Waals surface area contributed by atoms with Crippen molar-refractivity contribution in [1.82, 2.24) is 0 Å². The second-order valence-electron chi connectivity index (χ2n) is 5.35. The van der Waals surface area contributed by atoms with Crippen LogP contribution in [0.15, 0.2) is 0 Å². The van der Waals surface area contributed by atoms with Crippen LogP contribution < -0.4 is 0 Å². The molecular weight excluding hydrogens is 280 g/mol. The first-order valence-electron chi connectivity index (χ1n) is 6.17. The van der Waals surface area contributed by atoms with Crippen LogP contribution in [0.1, 0.15) is 26.2 Å². The summed E-state index contributed by atoms with van der Waals surface area (Å²) in [5.41, 5.74) is 0. The van der Waals surface area contributed by atoms with Gasteiger partial charge in [0.1, 0.15) is 17.6 Å². The average molecular weight is 295 g/mol. The standard InChI is InChI=1S/C11H15ClO5S/c1-5(12)11(13)16-9-6-2-3-7-8(4-6)18(14,15)17-10(7)9/h5-10H,2-4H2,1H3. The van der Waals surface area contributed by atoms with Gasteiger partial charge in [-0.05, 0) is 32.1 Å². The zero-order chi connectivity index (χ0) is 13.1. The fourth-order valence-electron chi connectivity index (χ4n) is 3.44. The van der Waals surface area contributed by atoms with Crippen molar-refractivity contribution in [2.75, 3.05) is 0 Å². The molecule has 6 unspecified atom stereocenters. The number of carbonyl (C=O) groups is 1. The molecule has 0 spiro atoms. The van der Waals surface area contributed by atoms with E-state index in [4.69, 9.17) is 20.5 Å². The average Bonchev–Trinajstić information content (AvgIpc) is 2.53. The van der Waals surface area contributed by atoms with Crippen LogP contribution in [-0.4, -0.2) is 37.2 Å². The van der Waals surface area contributed by atoms with Gasteiger partial charge in [0.05, 0.1) is 5.25 Å². The van der Waals surface area contributed by atoms with Crippen LogP contribution in [0.3, 0.4) is 0 Å². The lowest BCUT2D eigenvalue weighted by atomic mass is 9.67. The highest BCUT2D eigenvalue weighted by Gasteiger charge is 2.61. The highest BCUT2D eigenvalue weighted by atomic mass is 35.5. The lowest BCUT2D eigenvalue weighted by Crippen LogP contribution is -2.52. The van der Waals surface area contributed by atoms with Gasteiger partial charge in [0.25, 0.3) is 10.1 Å². The van der Waals surface area contributed by atoms with E-state index in [0.717, 1.165) is 12.8 Å². The van der Waals surface area contributed by atoms with Gasteiger partial charge in [-0.15, -0.1) is 11.6 Å². The highest BCUT2D eigenvalue weighted by Crippen LogP contribution is 2.52. The fraction of sp³-hybridized carbons (Fsp3) is 0.909. The Morgan fingerprint density at radius 2 is 2.17 bits per heavy atom. The number of alkyl halides is 1. The molecule has 7 heteroatoms. The Hall–Kier alpha value is -0.330. The maximum Gasteiger partial charge on any atom is 0.324 e. The van der Waals surface area contributed by atoms with Gasteiger partial charge in [0.15, 0.2) is 0 Å². The molecule has 1 saturated heterocycles. The summed E-state index contributed by atoms with van der Waals surface area (Å²) in [5, 5.41) is -1.12. The second kappa shape index (κ2) is 4.08. The van der Waals surface area contributed by atoms with E-state index in [1.165, 1.54) is 0 Å². The summed E-state index contributed by atoms with van der Waals surface area (Å²) < 4.78 is 34.1. The quantitative estimate of drug-likeness (QED) is 0.432. The van der Waals surface area contributed by atoms with E-state index in [2.05, 4.69) is 0 Å². The van der Waals surface area contributed by atoms with E-state index < -0.39 is 38.9 Å². The molecule has 0 radical (unpaired) electrons. The Balaban J connectivity index is 1.84. The van der Waals surface area contributed by atoms with Gasteiger partial charge in [-0.2, -0.15) is 8.42 Å². The molecule has 3 aliphatic carbocycles. The van der Waals surface area contributed by atoms with E-state index in [1.807, 2.05) is 0 Å². The smallest absolute Gasteiger partial charge is 0.324 e. The van der Waals surface area contributed by atoms with E-state index in [-0.39, 0.29) is 11.8 Å². The third-order valence-electron chi connectivity index (χ3n) is 4.29. The predicted molar refractivity (Wildman–Crippen MR) is 63.6 cm³/mol. The molecule has 3 saturated carbocycles. The van der Waals surface area contributed by atoms with Crippen molar-refractivity contribution in [2.24, 2.45) is 11.8 Å². The van der Waals surface area contributed by atoms with Gasteiger partial charge in [-0.1, -0.05) is 0 Å². The molecule has 4 bridgehead atoms. The summed E-state index contributed by atoms with van der Waals surface area (Å²) in [6.45, 7) is 1.54. The Morgan fingerprint density at radius 1 is 1.44 bits per heavy atom. The first kappa shape index (κ1) is 12.7. The van der Waals surface area contributed by atoms with E-state index >= 15 is 0 Å². The molecule has 0 N–H and O–H groups in total. The number of rotatable bonds is 2. The molecule has 102 valence electrons. The Labute approximate surface area is 111 Å². The topological polar surface area (TPSA) is 69.7 Å². The van der Waals surface area contributed by atoms with Gasteiger partial charge in [0, 0.05) is 5.92 Å². The molecular formula is C11H15ClO5S. The summed E-state index contributed by atoms with van der Waals surface area (Å²) in [7, 11) is -3.47. The Kier molecular flexibility index (Phi) is 2.88. The molecule has 18 heavy (non-hydrogen) atoms. The number of esters is 1. The molecule has 6 atom stereocenters. The van der Waals surface area contributed by atoms with Crippen molar-refractivity contribution in [3.63, 3.8) is 0 Å². The Bertz CT molecular complexity index is 474. The number of ether oxygens (including phenoxy) is 1. The monoisotopic (exact) mass is 294 g/mol. The predicted octanol–water partition coefficient (Wildman–Crippen LogP) is 1.05. The van der Waals surface area contributed by atoms with Crippen LogP contribution in [0.2, 0.25) is 0 Å². The maximum absolute atomic E-state index is 11.8. The third-order valence-corrected chi connectivity index (χ3v) is 6.24. The fourth-order valence-corrected chi connectivity index (χ4v) is 5.40.